The Morgan fingerprint density at radius 1 is 1.48 bits per heavy atom. The van der Waals surface area contributed by atoms with Gasteiger partial charge in [-0.1, -0.05) is 5.16 Å². The standard InChI is InChI=1S/C17H24N4O4/c1-17(2,3)24-16(22)20(4)12-7-8-21(10-12)11-14-18-15(19-25-14)13-6-5-9-23-13/h5-6,9,12H,7-8,10-11H2,1-4H3/t12-/m1/s1. The Hall–Kier alpha value is -2.35. The molecule has 2 aromatic heterocycles. The summed E-state index contributed by atoms with van der Waals surface area (Å²) in [5.41, 5.74) is -0.490. The van der Waals surface area contributed by atoms with Crippen LogP contribution in [0.25, 0.3) is 11.6 Å². The maximum atomic E-state index is 12.2. The second-order valence-electron chi connectivity index (χ2n) is 7.26. The molecular formula is C17H24N4O4. The van der Waals surface area contributed by atoms with E-state index in [1.165, 1.54) is 0 Å². The van der Waals surface area contributed by atoms with Gasteiger partial charge < -0.3 is 18.6 Å². The van der Waals surface area contributed by atoms with Gasteiger partial charge in [0.25, 0.3) is 0 Å². The van der Waals surface area contributed by atoms with Crippen LogP contribution in [0.5, 0.6) is 0 Å². The van der Waals surface area contributed by atoms with Crippen molar-refractivity contribution < 1.29 is 18.5 Å². The highest BCUT2D eigenvalue weighted by molar-refractivity contribution is 5.68. The third-order valence-electron chi connectivity index (χ3n) is 4.05. The fourth-order valence-corrected chi connectivity index (χ4v) is 2.77. The highest BCUT2D eigenvalue weighted by atomic mass is 16.6. The minimum atomic E-state index is -0.490. The molecule has 1 fully saturated rings. The van der Waals surface area contributed by atoms with Crippen molar-refractivity contribution in [2.24, 2.45) is 0 Å². The third-order valence-corrected chi connectivity index (χ3v) is 4.05. The maximum absolute atomic E-state index is 12.2. The minimum absolute atomic E-state index is 0.113. The molecule has 136 valence electrons. The normalized spacial score (nSPS) is 18.5. The van der Waals surface area contributed by atoms with E-state index in [1.807, 2.05) is 20.8 Å². The number of likely N-dealkylation sites (tertiary alicyclic amines) is 1. The van der Waals surface area contributed by atoms with Crippen LogP contribution >= 0.6 is 0 Å². The van der Waals surface area contributed by atoms with E-state index in [9.17, 15) is 4.79 Å². The van der Waals surface area contributed by atoms with Gasteiger partial charge in [0.05, 0.1) is 12.8 Å². The minimum Gasteiger partial charge on any atom is -0.461 e. The molecule has 3 heterocycles. The average molecular weight is 348 g/mol. The van der Waals surface area contributed by atoms with Gasteiger partial charge in [-0.2, -0.15) is 4.98 Å². The van der Waals surface area contributed by atoms with E-state index in [1.54, 1.807) is 30.3 Å². The van der Waals surface area contributed by atoms with Gasteiger partial charge in [0, 0.05) is 26.2 Å². The highest BCUT2D eigenvalue weighted by Crippen LogP contribution is 2.21. The van der Waals surface area contributed by atoms with Crippen molar-refractivity contribution in [1.82, 2.24) is 19.9 Å². The smallest absolute Gasteiger partial charge is 0.410 e. The lowest BCUT2D eigenvalue weighted by atomic mass is 10.2. The molecule has 0 N–H and O–H groups in total. The quantitative estimate of drug-likeness (QED) is 0.840. The summed E-state index contributed by atoms with van der Waals surface area (Å²) in [5.74, 6) is 1.56. The number of carbonyl (C=O) groups excluding carboxylic acids is 1. The predicted octanol–water partition coefficient (Wildman–Crippen LogP) is 2.77. The summed E-state index contributed by atoms with van der Waals surface area (Å²) in [4.78, 5) is 20.4. The molecule has 0 saturated carbocycles. The Morgan fingerprint density at radius 2 is 2.28 bits per heavy atom. The SMILES string of the molecule is CN(C(=O)OC(C)(C)C)[C@@H]1CCN(Cc2nc(-c3ccco3)no2)C1. The molecule has 25 heavy (non-hydrogen) atoms. The molecule has 1 saturated heterocycles. The van der Waals surface area contributed by atoms with Gasteiger partial charge in [0.1, 0.15) is 5.60 Å². The molecule has 0 aliphatic carbocycles. The van der Waals surface area contributed by atoms with Crippen LogP contribution in [0.3, 0.4) is 0 Å². The second kappa shape index (κ2) is 6.87. The first-order valence-corrected chi connectivity index (χ1v) is 8.36. The fraction of sp³-hybridized carbons (Fsp3) is 0.588. The van der Waals surface area contributed by atoms with Crippen LogP contribution in [0.15, 0.2) is 27.3 Å². The van der Waals surface area contributed by atoms with E-state index in [0.29, 0.717) is 24.0 Å². The molecule has 1 aliphatic rings. The Labute approximate surface area is 146 Å². The number of furan rings is 1. The lowest BCUT2D eigenvalue weighted by molar-refractivity contribution is 0.0227. The molecule has 8 nitrogen and oxygen atoms in total. The Morgan fingerprint density at radius 3 is 2.96 bits per heavy atom. The molecule has 1 amide bonds. The van der Waals surface area contributed by atoms with Crippen molar-refractivity contribution in [3.63, 3.8) is 0 Å². The monoisotopic (exact) mass is 348 g/mol. The molecule has 8 heteroatoms. The van der Waals surface area contributed by atoms with Gasteiger partial charge in [-0.05, 0) is 39.3 Å². The van der Waals surface area contributed by atoms with Gasteiger partial charge in [0.15, 0.2) is 5.76 Å². The number of hydrogen-bond acceptors (Lipinski definition) is 7. The van der Waals surface area contributed by atoms with Crippen molar-refractivity contribution in [3.05, 3.63) is 24.3 Å². The van der Waals surface area contributed by atoms with Crippen molar-refractivity contribution >= 4 is 6.09 Å². The molecule has 1 aliphatic heterocycles. The van der Waals surface area contributed by atoms with Crippen molar-refractivity contribution in [2.45, 2.75) is 45.4 Å². The van der Waals surface area contributed by atoms with Crippen LogP contribution in [-0.4, -0.2) is 57.8 Å². The first kappa shape index (κ1) is 17.5. The Kier molecular flexibility index (Phi) is 4.80. The number of likely N-dealkylation sites (N-methyl/N-ethyl adjacent to an activating group) is 1. The molecule has 0 aromatic carbocycles. The summed E-state index contributed by atoms with van der Waals surface area (Å²) in [6.45, 7) is 7.75. The van der Waals surface area contributed by atoms with E-state index in [2.05, 4.69) is 15.0 Å². The van der Waals surface area contributed by atoms with Crippen LogP contribution in [-0.2, 0) is 11.3 Å². The molecule has 2 aromatic rings. The lowest BCUT2D eigenvalue weighted by Crippen LogP contribution is -2.42. The molecular weight excluding hydrogens is 324 g/mol. The summed E-state index contributed by atoms with van der Waals surface area (Å²) in [6, 6.07) is 3.68. The van der Waals surface area contributed by atoms with E-state index in [-0.39, 0.29) is 12.1 Å². The molecule has 0 unspecified atom stereocenters. The number of hydrogen-bond donors (Lipinski definition) is 0. The molecule has 0 spiro atoms. The second-order valence-corrected chi connectivity index (χ2v) is 7.26. The number of rotatable bonds is 4. The van der Waals surface area contributed by atoms with Crippen molar-refractivity contribution in [1.29, 1.82) is 0 Å². The van der Waals surface area contributed by atoms with Gasteiger partial charge >= 0.3 is 6.09 Å². The van der Waals surface area contributed by atoms with Crippen molar-refractivity contribution in [3.8, 4) is 11.6 Å². The fourth-order valence-electron chi connectivity index (χ4n) is 2.77. The van der Waals surface area contributed by atoms with E-state index >= 15 is 0 Å². The first-order chi connectivity index (χ1) is 11.8. The van der Waals surface area contributed by atoms with Gasteiger partial charge in [-0.25, -0.2) is 4.79 Å². The van der Waals surface area contributed by atoms with Gasteiger partial charge in [-0.3, -0.25) is 4.90 Å². The predicted molar refractivity (Wildman–Crippen MR) is 89.7 cm³/mol. The largest absolute Gasteiger partial charge is 0.461 e. The molecule has 3 rings (SSSR count). The summed E-state index contributed by atoms with van der Waals surface area (Å²) in [7, 11) is 1.78. The lowest BCUT2D eigenvalue weighted by Gasteiger charge is -2.28. The average Bonchev–Trinajstić information content (AvgIpc) is 3.26. The van der Waals surface area contributed by atoms with Crippen LogP contribution in [0, 0.1) is 0 Å². The van der Waals surface area contributed by atoms with Gasteiger partial charge in [0.2, 0.25) is 11.7 Å². The number of aromatic nitrogens is 2. The third kappa shape index (κ3) is 4.39. The maximum Gasteiger partial charge on any atom is 0.410 e. The number of nitrogens with zero attached hydrogens (tertiary/aromatic N) is 4. The van der Waals surface area contributed by atoms with E-state index in [4.69, 9.17) is 13.7 Å². The first-order valence-electron chi connectivity index (χ1n) is 8.36. The summed E-state index contributed by atoms with van der Waals surface area (Å²) in [5, 5.41) is 3.93. The van der Waals surface area contributed by atoms with Crippen LogP contribution in [0.4, 0.5) is 4.79 Å². The summed E-state index contributed by atoms with van der Waals surface area (Å²) < 4.78 is 16.0. The van der Waals surface area contributed by atoms with Crippen LogP contribution < -0.4 is 0 Å². The van der Waals surface area contributed by atoms with Crippen LogP contribution in [0.2, 0.25) is 0 Å². The van der Waals surface area contributed by atoms with Crippen molar-refractivity contribution in [2.75, 3.05) is 20.1 Å². The molecule has 0 radical (unpaired) electrons. The van der Waals surface area contributed by atoms with E-state index in [0.717, 1.165) is 19.5 Å². The number of amides is 1. The van der Waals surface area contributed by atoms with Gasteiger partial charge in [-0.15, -0.1) is 0 Å². The molecule has 1 atom stereocenters. The zero-order valence-electron chi connectivity index (χ0n) is 15.1. The Balaban J connectivity index is 1.54. The zero-order chi connectivity index (χ0) is 18.0. The molecule has 0 bridgehead atoms. The summed E-state index contributed by atoms with van der Waals surface area (Å²) >= 11 is 0. The van der Waals surface area contributed by atoms with Crippen LogP contribution in [0.1, 0.15) is 33.1 Å². The van der Waals surface area contributed by atoms with E-state index < -0.39 is 5.60 Å². The zero-order valence-corrected chi connectivity index (χ0v) is 15.1. The topological polar surface area (TPSA) is 84.8 Å². The highest BCUT2D eigenvalue weighted by Gasteiger charge is 2.31. The number of ether oxygens (including phenoxy) is 1. The summed E-state index contributed by atoms with van der Waals surface area (Å²) in [6.07, 6.45) is 2.16. The Bertz CT molecular complexity index is 705. The number of carbonyl (C=O) groups is 1.